The fourth-order valence-electron chi connectivity index (χ4n) is 2.39. The van der Waals surface area contributed by atoms with Crippen molar-refractivity contribution in [3.8, 4) is 0 Å². The van der Waals surface area contributed by atoms with E-state index in [-0.39, 0.29) is 0 Å². The van der Waals surface area contributed by atoms with E-state index in [4.69, 9.17) is 11.6 Å². The summed E-state index contributed by atoms with van der Waals surface area (Å²) in [5.74, 6) is 1.26. The van der Waals surface area contributed by atoms with Crippen LogP contribution < -0.4 is 0 Å². The predicted molar refractivity (Wildman–Crippen MR) is 78.7 cm³/mol. The van der Waals surface area contributed by atoms with Gasteiger partial charge in [0.2, 0.25) is 0 Å². The second-order valence-electron chi connectivity index (χ2n) is 4.81. The first-order valence-electron chi connectivity index (χ1n) is 6.54. The second kappa shape index (κ2) is 5.25. The van der Waals surface area contributed by atoms with Gasteiger partial charge in [-0.15, -0.1) is 11.6 Å². The number of imidazole rings is 1. The van der Waals surface area contributed by atoms with E-state index in [2.05, 4.69) is 19.6 Å². The maximum Gasteiger partial charge on any atom is 0.160 e. The lowest BCUT2D eigenvalue weighted by atomic mass is 10.2. The summed E-state index contributed by atoms with van der Waals surface area (Å²) in [6.07, 6.45) is 4.51. The molecule has 0 N–H and O–H groups in total. The molecule has 0 aliphatic carbocycles. The fraction of sp³-hybridized carbons (Fsp3) is 0.357. The molecule has 3 heterocycles. The number of aromatic nitrogens is 5. The maximum atomic E-state index is 6.02. The molecule has 0 fully saturated rings. The van der Waals surface area contributed by atoms with Crippen LogP contribution in [0.4, 0.5) is 0 Å². The first kappa shape index (κ1) is 13.1. The smallest absolute Gasteiger partial charge is 0.160 e. The zero-order valence-corrected chi connectivity index (χ0v) is 12.3. The molecule has 6 heteroatoms. The molecule has 0 bridgehead atoms. The van der Waals surface area contributed by atoms with Gasteiger partial charge >= 0.3 is 0 Å². The van der Waals surface area contributed by atoms with Gasteiger partial charge in [-0.2, -0.15) is 5.10 Å². The minimum atomic E-state index is 0.390. The van der Waals surface area contributed by atoms with E-state index in [0.29, 0.717) is 5.88 Å². The van der Waals surface area contributed by atoms with Crippen molar-refractivity contribution in [1.29, 1.82) is 0 Å². The summed E-state index contributed by atoms with van der Waals surface area (Å²) in [7, 11) is 1.95. The molecular weight excluding hydrogens is 274 g/mol. The van der Waals surface area contributed by atoms with E-state index in [0.717, 1.165) is 35.5 Å². The van der Waals surface area contributed by atoms with Crippen LogP contribution in [0.15, 0.2) is 24.5 Å². The molecule has 104 valence electrons. The molecule has 0 unspecified atom stereocenters. The first-order valence-corrected chi connectivity index (χ1v) is 7.07. The van der Waals surface area contributed by atoms with Gasteiger partial charge in [0.1, 0.15) is 11.3 Å². The van der Waals surface area contributed by atoms with Crippen molar-refractivity contribution < 1.29 is 0 Å². The third kappa shape index (κ3) is 2.18. The maximum absolute atomic E-state index is 6.02. The Labute approximate surface area is 122 Å². The van der Waals surface area contributed by atoms with E-state index in [1.54, 1.807) is 0 Å². The molecule has 0 aromatic carbocycles. The molecule has 0 saturated carbocycles. The van der Waals surface area contributed by atoms with Crippen molar-refractivity contribution >= 4 is 22.8 Å². The highest BCUT2D eigenvalue weighted by molar-refractivity contribution is 6.16. The van der Waals surface area contributed by atoms with Crippen LogP contribution in [0.2, 0.25) is 0 Å². The molecule has 0 atom stereocenters. The van der Waals surface area contributed by atoms with Gasteiger partial charge in [-0.1, -0.05) is 0 Å². The summed E-state index contributed by atoms with van der Waals surface area (Å²) >= 11 is 6.02. The molecule has 5 nitrogen and oxygen atoms in total. The largest absolute Gasteiger partial charge is 0.311 e. The van der Waals surface area contributed by atoms with Crippen molar-refractivity contribution in [2.45, 2.75) is 25.8 Å². The molecule has 0 aliphatic rings. The van der Waals surface area contributed by atoms with Gasteiger partial charge in [0.05, 0.1) is 5.88 Å². The normalized spacial score (nSPS) is 11.3. The van der Waals surface area contributed by atoms with Crippen molar-refractivity contribution in [2.75, 3.05) is 0 Å². The van der Waals surface area contributed by atoms with Crippen molar-refractivity contribution in [1.82, 2.24) is 24.3 Å². The lowest BCUT2D eigenvalue weighted by Gasteiger charge is -2.07. The van der Waals surface area contributed by atoms with E-state index >= 15 is 0 Å². The summed E-state index contributed by atoms with van der Waals surface area (Å²) in [4.78, 5) is 9.05. The van der Waals surface area contributed by atoms with Crippen LogP contribution >= 0.6 is 11.6 Å². The van der Waals surface area contributed by atoms with Gasteiger partial charge < -0.3 is 4.57 Å². The Balaban J connectivity index is 1.98. The Bertz CT molecular complexity index is 743. The summed E-state index contributed by atoms with van der Waals surface area (Å²) in [5, 5.41) is 4.19. The third-order valence-electron chi connectivity index (χ3n) is 3.55. The zero-order chi connectivity index (χ0) is 14.1. The van der Waals surface area contributed by atoms with E-state index in [9.17, 15) is 0 Å². The number of halogens is 1. The minimum absolute atomic E-state index is 0.390. The number of aryl methyl sites for hydroxylation is 4. The molecule has 3 rings (SSSR count). The molecule has 20 heavy (non-hydrogen) atoms. The zero-order valence-electron chi connectivity index (χ0n) is 11.5. The molecule has 0 saturated heterocycles. The number of hydrogen-bond acceptors (Lipinski definition) is 3. The van der Waals surface area contributed by atoms with Crippen LogP contribution in [-0.4, -0.2) is 24.3 Å². The Morgan fingerprint density at radius 2 is 2.10 bits per heavy atom. The van der Waals surface area contributed by atoms with Gasteiger partial charge in [-0.05, 0) is 24.6 Å². The Morgan fingerprint density at radius 1 is 1.25 bits per heavy atom. The summed E-state index contributed by atoms with van der Waals surface area (Å²) in [6.45, 7) is 2.84. The number of rotatable bonds is 4. The monoisotopic (exact) mass is 289 g/mol. The van der Waals surface area contributed by atoms with Gasteiger partial charge in [0.15, 0.2) is 5.65 Å². The quantitative estimate of drug-likeness (QED) is 0.693. The van der Waals surface area contributed by atoms with Crippen molar-refractivity contribution in [3.63, 3.8) is 0 Å². The first-order chi connectivity index (χ1) is 9.70. The minimum Gasteiger partial charge on any atom is -0.311 e. The van der Waals surface area contributed by atoms with Crippen LogP contribution in [0, 0.1) is 6.92 Å². The van der Waals surface area contributed by atoms with Gasteiger partial charge in [0, 0.05) is 38.1 Å². The Kier molecular flexibility index (Phi) is 3.44. The second-order valence-corrected chi connectivity index (χ2v) is 5.08. The average molecular weight is 290 g/mol. The molecule has 0 aliphatic heterocycles. The highest BCUT2D eigenvalue weighted by atomic mass is 35.5. The lowest BCUT2D eigenvalue weighted by molar-refractivity contribution is 0.631. The van der Waals surface area contributed by atoms with Crippen LogP contribution in [0.5, 0.6) is 0 Å². The van der Waals surface area contributed by atoms with Crippen molar-refractivity contribution in [3.05, 3.63) is 41.6 Å². The molecular formula is C14H16ClN5. The van der Waals surface area contributed by atoms with E-state index in [1.807, 2.05) is 43.2 Å². The standard InChI is InChI=1S/C14H16ClN5/c1-10-3-6-16-14-13(10)18-12(9-15)20(14)8-5-11-4-7-17-19(11)2/h3-4,6-7H,5,8-9H2,1-2H3. The van der Waals surface area contributed by atoms with Gasteiger partial charge in [-0.3, -0.25) is 4.68 Å². The molecule has 3 aromatic heterocycles. The molecule has 0 spiro atoms. The SMILES string of the molecule is Cc1ccnc2c1nc(CCl)n2CCc1ccnn1C. The Hall–Kier alpha value is -1.88. The lowest BCUT2D eigenvalue weighted by Crippen LogP contribution is -2.08. The number of alkyl halides is 1. The van der Waals surface area contributed by atoms with E-state index < -0.39 is 0 Å². The number of fused-ring (bicyclic) bond motifs is 1. The predicted octanol–water partition coefficient (Wildman–Crippen LogP) is 2.45. The van der Waals surface area contributed by atoms with Crippen LogP contribution in [0.3, 0.4) is 0 Å². The number of pyridine rings is 1. The fourth-order valence-corrected chi connectivity index (χ4v) is 2.60. The molecule has 3 aromatic rings. The molecule has 0 amide bonds. The van der Waals surface area contributed by atoms with Gasteiger partial charge in [-0.25, -0.2) is 9.97 Å². The highest BCUT2D eigenvalue weighted by Gasteiger charge is 2.13. The number of nitrogens with zero attached hydrogens (tertiary/aromatic N) is 5. The summed E-state index contributed by atoms with van der Waals surface area (Å²) < 4.78 is 3.99. The van der Waals surface area contributed by atoms with Crippen LogP contribution in [0.25, 0.3) is 11.2 Å². The van der Waals surface area contributed by atoms with Crippen LogP contribution in [0.1, 0.15) is 17.1 Å². The number of hydrogen-bond donors (Lipinski definition) is 0. The average Bonchev–Trinajstić information content (AvgIpc) is 3.01. The topological polar surface area (TPSA) is 48.5 Å². The van der Waals surface area contributed by atoms with Gasteiger partial charge in [0.25, 0.3) is 0 Å². The third-order valence-corrected chi connectivity index (χ3v) is 3.79. The highest BCUT2D eigenvalue weighted by Crippen LogP contribution is 2.19. The summed E-state index contributed by atoms with van der Waals surface area (Å²) in [6, 6.07) is 4.00. The Morgan fingerprint density at radius 3 is 2.80 bits per heavy atom. The van der Waals surface area contributed by atoms with E-state index in [1.165, 1.54) is 5.69 Å². The van der Waals surface area contributed by atoms with Crippen molar-refractivity contribution in [2.24, 2.45) is 7.05 Å². The molecule has 0 radical (unpaired) electrons. The van der Waals surface area contributed by atoms with Crippen LogP contribution in [-0.2, 0) is 25.9 Å². The summed E-state index contributed by atoms with van der Waals surface area (Å²) in [5.41, 5.74) is 4.15.